The van der Waals surface area contributed by atoms with E-state index in [1.807, 2.05) is 84.9 Å². The minimum Gasteiger partial charge on any atom is -0.464 e. The van der Waals surface area contributed by atoms with Gasteiger partial charge >= 0.3 is 11.9 Å². The van der Waals surface area contributed by atoms with Crippen molar-refractivity contribution in [2.75, 3.05) is 14.2 Å². The summed E-state index contributed by atoms with van der Waals surface area (Å²) in [6, 6.07) is 30.9. The van der Waals surface area contributed by atoms with E-state index in [4.69, 9.17) is 19.4 Å². The van der Waals surface area contributed by atoms with E-state index < -0.39 is 11.9 Å². The molecule has 0 saturated heterocycles. The van der Waals surface area contributed by atoms with Crippen LogP contribution in [-0.2, 0) is 9.47 Å². The molecule has 0 saturated carbocycles. The van der Waals surface area contributed by atoms with Gasteiger partial charge in [-0.3, -0.25) is 0 Å². The maximum absolute atomic E-state index is 12.1. The normalized spacial score (nSPS) is 11.3. The Balaban J connectivity index is 1.28. The van der Waals surface area contributed by atoms with Crippen molar-refractivity contribution in [2.45, 2.75) is 0 Å². The van der Waals surface area contributed by atoms with Crippen LogP contribution >= 0.6 is 0 Å². The summed E-state index contributed by atoms with van der Waals surface area (Å²) in [5.41, 5.74) is 6.60. The van der Waals surface area contributed by atoms with Gasteiger partial charge in [-0.2, -0.15) is 0 Å². The van der Waals surface area contributed by atoms with Gasteiger partial charge in [-0.05, 0) is 24.3 Å². The van der Waals surface area contributed by atoms with Crippen LogP contribution in [0.4, 0.5) is 0 Å². The quantitative estimate of drug-likeness (QED) is 0.174. The van der Waals surface area contributed by atoms with Gasteiger partial charge in [0, 0.05) is 32.7 Å². The number of benzene rings is 3. The lowest BCUT2D eigenvalue weighted by Crippen LogP contribution is -2.04. The molecule has 0 aliphatic carbocycles. The summed E-state index contributed by atoms with van der Waals surface area (Å²) in [7, 11) is 2.68. The fourth-order valence-electron chi connectivity index (χ4n) is 5.11. The van der Waals surface area contributed by atoms with E-state index in [2.05, 4.69) is 9.97 Å². The molecule has 0 fully saturated rings. The summed E-state index contributed by atoms with van der Waals surface area (Å²) >= 11 is 0. The van der Waals surface area contributed by atoms with E-state index >= 15 is 0 Å². The highest BCUT2D eigenvalue weighted by Gasteiger charge is 2.14. The molecule has 0 aliphatic heterocycles. The van der Waals surface area contributed by atoms with Gasteiger partial charge in [-0.1, -0.05) is 72.8 Å². The number of hydrogen-bond acceptors (Lipinski definition) is 8. The van der Waals surface area contributed by atoms with Crippen molar-refractivity contribution in [1.29, 1.82) is 0 Å². The van der Waals surface area contributed by atoms with Crippen molar-refractivity contribution in [1.82, 2.24) is 19.9 Å². The first-order chi connectivity index (χ1) is 20.5. The van der Waals surface area contributed by atoms with Crippen LogP contribution in [0.5, 0.6) is 0 Å². The number of carbonyl (C=O) groups is 2. The van der Waals surface area contributed by atoms with Crippen molar-refractivity contribution in [3.63, 3.8) is 0 Å². The van der Waals surface area contributed by atoms with E-state index in [0.29, 0.717) is 22.1 Å². The number of pyridine rings is 4. The molecular formula is C34H22N4O4. The first kappa shape index (κ1) is 25.2. The van der Waals surface area contributed by atoms with Crippen LogP contribution in [0.15, 0.2) is 97.1 Å². The van der Waals surface area contributed by atoms with Crippen molar-refractivity contribution >= 4 is 55.6 Å². The molecule has 8 nitrogen and oxygen atoms in total. The van der Waals surface area contributed by atoms with Gasteiger partial charge in [-0.25, -0.2) is 29.5 Å². The number of carbonyl (C=O) groups excluding carboxylic acids is 2. The molecule has 0 aliphatic rings. The predicted octanol–water partition coefficient (Wildman–Crippen LogP) is 6.79. The van der Waals surface area contributed by atoms with Crippen LogP contribution in [0.1, 0.15) is 21.0 Å². The molecule has 0 radical (unpaired) electrons. The monoisotopic (exact) mass is 550 g/mol. The smallest absolute Gasteiger partial charge is 0.356 e. The molecule has 202 valence electrons. The zero-order chi connectivity index (χ0) is 28.8. The number of methoxy groups -OCH3 is 2. The number of fused-ring (bicyclic) bond motifs is 6. The van der Waals surface area contributed by atoms with Gasteiger partial charge in [0.1, 0.15) is 11.4 Å². The predicted molar refractivity (Wildman–Crippen MR) is 161 cm³/mol. The summed E-state index contributed by atoms with van der Waals surface area (Å²) in [6.45, 7) is 0. The van der Waals surface area contributed by atoms with E-state index in [0.717, 1.165) is 44.1 Å². The van der Waals surface area contributed by atoms with Crippen LogP contribution in [0.2, 0.25) is 0 Å². The van der Waals surface area contributed by atoms with Crippen LogP contribution in [-0.4, -0.2) is 46.1 Å². The fraction of sp³-hybridized carbons (Fsp3) is 0.0588. The van der Waals surface area contributed by atoms with E-state index in [1.54, 1.807) is 12.1 Å². The number of esters is 2. The molecule has 7 aromatic rings. The third-order valence-corrected chi connectivity index (χ3v) is 7.30. The fourth-order valence-corrected chi connectivity index (χ4v) is 5.11. The summed E-state index contributed by atoms with van der Waals surface area (Å²) in [6.07, 6.45) is 0. The second kappa shape index (κ2) is 10.0. The highest BCUT2D eigenvalue weighted by Crippen LogP contribution is 2.30. The molecule has 0 atom stereocenters. The lowest BCUT2D eigenvalue weighted by molar-refractivity contribution is 0.0586. The summed E-state index contributed by atoms with van der Waals surface area (Å²) < 4.78 is 9.71. The Morgan fingerprint density at radius 3 is 1.10 bits per heavy atom. The molecule has 0 bridgehead atoms. The zero-order valence-corrected chi connectivity index (χ0v) is 22.7. The summed E-state index contributed by atoms with van der Waals surface area (Å²) in [5.74, 6) is -0.980. The third-order valence-electron chi connectivity index (χ3n) is 7.30. The highest BCUT2D eigenvalue weighted by molar-refractivity contribution is 6.06. The largest absolute Gasteiger partial charge is 0.464 e. The van der Waals surface area contributed by atoms with Crippen LogP contribution in [0.3, 0.4) is 0 Å². The number of ether oxygens (including phenoxy) is 2. The molecule has 0 amide bonds. The lowest BCUT2D eigenvalue weighted by Gasteiger charge is -2.09. The Morgan fingerprint density at radius 2 is 0.738 bits per heavy atom. The van der Waals surface area contributed by atoms with Crippen molar-refractivity contribution in [3.05, 3.63) is 108 Å². The average Bonchev–Trinajstić information content (AvgIpc) is 3.06. The Hall–Kier alpha value is -5.76. The van der Waals surface area contributed by atoms with Gasteiger partial charge in [0.05, 0.1) is 47.7 Å². The molecule has 3 aromatic carbocycles. The van der Waals surface area contributed by atoms with Crippen molar-refractivity contribution in [2.24, 2.45) is 0 Å². The maximum atomic E-state index is 12.1. The van der Waals surface area contributed by atoms with E-state index in [1.165, 1.54) is 14.2 Å². The average molecular weight is 551 g/mol. The van der Waals surface area contributed by atoms with Gasteiger partial charge in [0.2, 0.25) is 0 Å². The molecular weight excluding hydrogens is 528 g/mol. The molecule has 42 heavy (non-hydrogen) atoms. The van der Waals surface area contributed by atoms with Crippen LogP contribution < -0.4 is 0 Å². The summed E-state index contributed by atoms with van der Waals surface area (Å²) in [5, 5.41) is 3.62. The summed E-state index contributed by atoms with van der Waals surface area (Å²) in [4.78, 5) is 43.1. The first-order valence-corrected chi connectivity index (χ1v) is 13.2. The zero-order valence-electron chi connectivity index (χ0n) is 22.7. The molecule has 8 heteroatoms. The van der Waals surface area contributed by atoms with Gasteiger partial charge in [0.15, 0.2) is 0 Å². The first-order valence-electron chi connectivity index (χ1n) is 13.2. The third kappa shape index (κ3) is 4.26. The number of rotatable bonds is 4. The Kier molecular flexibility index (Phi) is 6.01. The minimum absolute atomic E-state index is 0.237. The van der Waals surface area contributed by atoms with E-state index in [9.17, 15) is 9.59 Å². The Labute approximate surface area is 239 Å². The van der Waals surface area contributed by atoms with Crippen LogP contribution in [0.25, 0.3) is 66.1 Å². The minimum atomic E-state index is -0.490. The molecule has 0 N–H and O–H groups in total. The molecule has 0 unspecified atom stereocenters. The number of hydrogen-bond donors (Lipinski definition) is 0. The molecule has 0 spiro atoms. The van der Waals surface area contributed by atoms with Gasteiger partial charge in [-0.15, -0.1) is 0 Å². The van der Waals surface area contributed by atoms with Gasteiger partial charge in [0.25, 0.3) is 0 Å². The second-order valence-corrected chi connectivity index (χ2v) is 9.76. The SMILES string of the molecule is COC(=O)c1ccc2ccc3ccc(-c4ccc(-c5ccc6ccc7ccc(C(=O)OC)nc7c6n5)cc4)nc3c2n1. The van der Waals surface area contributed by atoms with Crippen molar-refractivity contribution < 1.29 is 19.1 Å². The van der Waals surface area contributed by atoms with Gasteiger partial charge < -0.3 is 9.47 Å². The molecule has 7 rings (SSSR count). The van der Waals surface area contributed by atoms with Crippen molar-refractivity contribution in [3.8, 4) is 22.5 Å². The number of aromatic nitrogens is 4. The molecule has 4 aromatic heterocycles. The Bertz CT molecular complexity index is 2050. The van der Waals surface area contributed by atoms with E-state index in [-0.39, 0.29) is 11.4 Å². The topological polar surface area (TPSA) is 104 Å². The number of nitrogens with zero attached hydrogens (tertiary/aromatic N) is 4. The highest BCUT2D eigenvalue weighted by atomic mass is 16.5. The molecule has 4 heterocycles. The standard InChI is InChI=1S/C34H22N4O4/c1-41-33(39)27-17-13-23-9-7-21-11-15-25(35-29(21)31(23)37-27)19-3-5-20(6-4-19)26-16-12-22-8-10-24-14-18-28(34(40)42-2)38-32(24)30(22)36-26/h3-18H,1-2H3. The van der Waals surface area contributed by atoms with Crippen LogP contribution in [0, 0.1) is 0 Å². The Morgan fingerprint density at radius 1 is 0.429 bits per heavy atom. The lowest BCUT2D eigenvalue weighted by atomic mass is 10.0. The maximum Gasteiger partial charge on any atom is 0.356 e. The second-order valence-electron chi connectivity index (χ2n) is 9.76.